The Morgan fingerprint density at radius 2 is 1.50 bits per heavy atom. The molecule has 0 unspecified atom stereocenters. The summed E-state index contributed by atoms with van der Waals surface area (Å²) in [4.78, 5) is 24.4. The average Bonchev–Trinajstić information content (AvgIpc) is 2.80. The Kier molecular flexibility index (Phi) is 13.3. The van der Waals surface area contributed by atoms with Crippen molar-refractivity contribution in [2.24, 2.45) is 0 Å². The lowest BCUT2D eigenvalue weighted by molar-refractivity contribution is -0.124. The van der Waals surface area contributed by atoms with E-state index in [4.69, 9.17) is 18.9 Å². The normalized spacial score (nSPS) is 18.2. The van der Waals surface area contributed by atoms with Gasteiger partial charge in [0, 0.05) is 33.3 Å². The first-order chi connectivity index (χ1) is 15.7. The molecule has 1 aliphatic rings. The van der Waals surface area contributed by atoms with E-state index in [0.717, 1.165) is 11.3 Å². The maximum atomic E-state index is 12.5. The van der Waals surface area contributed by atoms with Gasteiger partial charge in [0.25, 0.3) is 0 Å². The molecule has 0 bridgehead atoms. The standard InChI is InChI=1S/C22H36N4O6/c1-29-10-11-30-12-13-31-14-15-32-19-4-2-18(3-5-19)16-20-22(28)25-9-7-23-6-8-24-21(27)17-26-20/h2-5,20,23,26H,6-17H2,1H3,(H,24,27)(H,25,28)/t20-/m0/s1. The van der Waals surface area contributed by atoms with E-state index in [1.165, 1.54) is 0 Å². The average molecular weight is 453 g/mol. The molecule has 1 atom stereocenters. The summed E-state index contributed by atoms with van der Waals surface area (Å²) in [6, 6.07) is 7.09. The first-order valence-corrected chi connectivity index (χ1v) is 11.0. The molecule has 2 rings (SSSR count). The van der Waals surface area contributed by atoms with E-state index >= 15 is 0 Å². The Hall–Kier alpha value is -2.24. The fraction of sp³-hybridized carbons (Fsp3) is 0.636. The highest BCUT2D eigenvalue weighted by Crippen LogP contribution is 2.13. The maximum absolute atomic E-state index is 12.5. The van der Waals surface area contributed by atoms with Crippen molar-refractivity contribution in [3.05, 3.63) is 29.8 Å². The highest BCUT2D eigenvalue weighted by atomic mass is 16.6. The number of ether oxygens (including phenoxy) is 4. The van der Waals surface area contributed by atoms with Crippen LogP contribution in [0.3, 0.4) is 0 Å². The molecule has 10 nitrogen and oxygen atoms in total. The van der Waals surface area contributed by atoms with Gasteiger partial charge in [-0.2, -0.15) is 0 Å². The van der Waals surface area contributed by atoms with Crippen LogP contribution in [0.4, 0.5) is 0 Å². The summed E-state index contributed by atoms with van der Waals surface area (Å²) >= 11 is 0. The van der Waals surface area contributed by atoms with E-state index in [1.54, 1.807) is 7.11 Å². The van der Waals surface area contributed by atoms with Crippen LogP contribution in [0.2, 0.25) is 0 Å². The summed E-state index contributed by atoms with van der Waals surface area (Å²) in [7, 11) is 1.64. The topological polar surface area (TPSA) is 119 Å². The molecule has 2 amide bonds. The molecule has 0 spiro atoms. The summed E-state index contributed by atoms with van der Waals surface area (Å²) in [6.45, 7) is 5.61. The number of amides is 2. The predicted octanol–water partition coefficient (Wildman–Crippen LogP) is -0.919. The number of benzene rings is 1. The Morgan fingerprint density at radius 1 is 0.844 bits per heavy atom. The maximum Gasteiger partial charge on any atom is 0.237 e. The van der Waals surface area contributed by atoms with E-state index in [2.05, 4.69) is 21.3 Å². The predicted molar refractivity (Wildman–Crippen MR) is 120 cm³/mol. The molecule has 1 heterocycles. The van der Waals surface area contributed by atoms with Gasteiger partial charge in [-0.1, -0.05) is 12.1 Å². The number of carbonyl (C=O) groups is 2. The molecule has 1 aromatic carbocycles. The van der Waals surface area contributed by atoms with Crippen molar-refractivity contribution in [3.8, 4) is 5.75 Å². The van der Waals surface area contributed by atoms with Crippen LogP contribution < -0.4 is 26.0 Å². The molecular weight excluding hydrogens is 416 g/mol. The van der Waals surface area contributed by atoms with Gasteiger partial charge in [-0.25, -0.2) is 0 Å². The van der Waals surface area contributed by atoms with Crippen molar-refractivity contribution >= 4 is 11.8 Å². The smallest absolute Gasteiger partial charge is 0.237 e. The Balaban J connectivity index is 1.72. The minimum atomic E-state index is -0.494. The highest BCUT2D eigenvalue weighted by molar-refractivity contribution is 5.84. The van der Waals surface area contributed by atoms with Gasteiger partial charge in [0.15, 0.2) is 0 Å². The molecule has 1 saturated heterocycles. The van der Waals surface area contributed by atoms with E-state index in [1.807, 2.05) is 24.3 Å². The van der Waals surface area contributed by atoms with E-state index in [-0.39, 0.29) is 18.4 Å². The van der Waals surface area contributed by atoms with Crippen LogP contribution >= 0.6 is 0 Å². The van der Waals surface area contributed by atoms with Crippen LogP contribution in [0.25, 0.3) is 0 Å². The Morgan fingerprint density at radius 3 is 2.22 bits per heavy atom. The highest BCUT2D eigenvalue weighted by Gasteiger charge is 2.19. The molecule has 1 aromatic rings. The van der Waals surface area contributed by atoms with Gasteiger partial charge >= 0.3 is 0 Å². The molecule has 0 aliphatic carbocycles. The van der Waals surface area contributed by atoms with Crippen LogP contribution in [0, 0.1) is 0 Å². The van der Waals surface area contributed by atoms with Crippen LogP contribution in [0.1, 0.15) is 5.56 Å². The van der Waals surface area contributed by atoms with Crippen LogP contribution in [0.15, 0.2) is 24.3 Å². The number of hydrogen-bond acceptors (Lipinski definition) is 8. The summed E-state index contributed by atoms with van der Waals surface area (Å²) in [6.07, 6.45) is 0.471. The van der Waals surface area contributed by atoms with Crippen LogP contribution in [0.5, 0.6) is 5.75 Å². The van der Waals surface area contributed by atoms with E-state index in [0.29, 0.717) is 72.2 Å². The van der Waals surface area contributed by atoms with Crippen molar-refractivity contribution in [1.29, 1.82) is 0 Å². The summed E-state index contributed by atoms with van der Waals surface area (Å²) in [5.41, 5.74) is 0.972. The minimum Gasteiger partial charge on any atom is -0.491 e. The first-order valence-electron chi connectivity index (χ1n) is 11.0. The largest absolute Gasteiger partial charge is 0.491 e. The molecule has 32 heavy (non-hydrogen) atoms. The van der Waals surface area contributed by atoms with Gasteiger partial charge in [0.05, 0.1) is 45.6 Å². The molecule has 1 fully saturated rings. The Labute approximate surface area is 189 Å². The number of rotatable bonds is 12. The quantitative estimate of drug-likeness (QED) is 0.301. The number of nitrogens with one attached hydrogen (secondary N) is 4. The second-order valence-corrected chi connectivity index (χ2v) is 7.24. The molecule has 1 aliphatic heterocycles. The van der Waals surface area contributed by atoms with Crippen molar-refractivity contribution in [1.82, 2.24) is 21.3 Å². The fourth-order valence-corrected chi connectivity index (χ4v) is 2.99. The monoisotopic (exact) mass is 452 g/mol. The third kappa shape index (κ3) is 11.4. The van der Waals surface area contributed by atoms with Crippen molar-refractivity contribution < 1.29 is 28.5 Å². The lowest BCUT2D eigenvalue weighted by Gasteiger charge is -2.20. The zero-order chi connectivity index (χ0) is 22.9. The number of carbonyl (C=O) groups excluding carboxylic acids is 2. The third-order valence-corrected chi connectivity index (χ3v) is 4.71. The van der Waals surface area contributed by atoms with Gasteiger partial charge in [0.1, 0.15) is 12.4 Å². The van der Waals surface area contributed by atoms with Crippen molar-refractivity contribution in [2.75, 3.05) is 79.5 Å². The first kappa shape index (κ1) is 26.0. The molecule has 4 N–H and O–H groups in total. The van der Waals surface area contributed by atoms with Crippen LogP contribution in [-0.2, 0) is 30.2 Å². The molecule has 10 heteroatoms. The SMILES string of the molecule is COCCOCCOCCOc1ccc(C[C@@H]2NCC(=O)NCCNCCNC2=O)cc1. The van der Waals surface area contributed by atoms with E-state index in [9.17, 15) is 9.59 Å². The Bertz CT molecular complexity index is 658. The van der Waals surface area contributed by atoms with Crippen LogP contribution in [-0.4, -0.2) is 97.3 Å². The molecular formula is C22H36N4O6. The summed E-state index contributed by atoms with van der Waals surface area (Å²) < 4.78 is 21.4. The third-order valence-electron chi connectivity index (χ3n) is 4.71. The molecule has 180 valence electrons. The van der Waals surface area contributed by atoms with Gasteiger partial charge < -0.3 is 34.9 Å². The lowest BCUT2D eigenvalue weighted by atomic mass is 10.0. The van der Waals surface area contributed by atoms with Gasteiger partial charge in [-0.05, 0) is 24.1 Å². The van der Waals surface area contributed by atoms with Crippen molar-refractivity contribution in [3.63, 3.8) is 0 Å². The summed E-state index contributed by atoms with van der Waals surface area (Å²) in [5.74, 6) is 0.483. The number of methoxy groups -OCH3 is 1. The van der Waals surface area contributed by atoms with Gasteiger partial charge in [-0.3, -0.25) is 14.9 Å². The minimum absolute atomic E-state index is 0.0940. The second-order valence-electron chi connectivity index (χ2n) is 7.24. The molecule has 0 saturated carbocycles. The fourth-order valence-electron chi connectivity index (χ4n) is 2.99. The molecule has 0 aromatic heterocycles. The second kappa shape index (κ2) is 16.4. The molecule has 0 radical (unpaired) electrons. The van der Waals surface area contributed by atoms with Gasteiger partial charge in [-0.15, -0.1) is 0 Å². The number of hydrogen-bond donors (Lipinski definition) is 4. The summed E-state index contributed by atoms with van der Waals surface area (Å²) in [5, 5.41) is 12.0. The zero-order valence-corrected chi connectivity index (χ0v) is 18.8. The lowest BCUT2D eigenvalue weighted by Crippen LogP contribution is -2.51. The van der Waals surface area contributed by atoms with Gasteiger partial charge in [0.2, 0.25) is 11.8 Å². The zero-order valence-electron chi connectivity index (χ0n) is 18.8. The van der Waals surface area contributed by atoms with E-state index < -0.39 is 6.04 Å². The van der Waals surface area contributed by atoms with Crippen molar-refractivity contribution in [2.45, 2.75) is 12.5 Å².